The number of nitrogens with one attached hydrogen (secondary N) is 1. The number of ether oxygens (including phenoxy) is 1. The molecular weight excluding hydrogens is 616 g/mol. The molecule has 0 spiro atoms. The highest BCUT2D eigenvalue weighted by atomic mass is 35.5. The van der Waals surface area contributed by atoms with Gasteiger partial charge in [-0.1, -0.05) is 36.9 Å². The van der Waals surface area contributed by atoms with Crippen molar-refractivity contribution in [3.05, 3.63) is 96.0 Å². The number of aromatic nitrogens is 5. The van der Waals surface area contributed by atoms with E-state index in [2.05, 4.69) is 31.8 Å². The van der Waals surface area contributed by atoms with Crippen LogP contribution in [-0.2, 0) is 24.8 Å². The van der Waals surface area contributed by atoms with E-state index < -0.39 is 17.6 Å². The fourth-order valence-corrected chi connectivity index (χ4v) is 5.76. The summed E-state index contributed by atoms with van der Waals surface area (Å²) >= 11 is 6.70. The number of carbonyl (C=O) groups excluding carboxylic acids is 2. The van der Waals surface area contributed by atoms with Crippen molar-refractivity contribution in [2.75, 3.05) is 16.3 Å². The Morgan fingerprint density at radius 3 is 2.66 bits per heavy atom. The summed E-state index contributed by atoms with van der Waals surface area (Å²) in [5.74, 6) is 0.304. The molecule has 4 heterocycles. The molecular formula is C35H35ClN8O3. The molecule has 0 fully saturated rings. The number of anilines is 3. The third kappa shape index (κ3) is 6.39. The van der Waals surface area contributed by atoms with Gasteiger partial charge in [-0.05, 0) is 74.2 Å². The summed E-state index contributed by atoms with van der Waals surface area (Å²) in [4.78, 5) is 45.9. The van der Waals surface area contributed by atoms with Gasteiger partial charge in [-0.25, -0.2) is 24.2 Å². The van der Waals surface area contributed by atoms with Gasteiger partial charge in [0.05, 0.1) is 23.4 Å². The molecule has 1 N–H and O–H groups in total. The summed E-state index contributed by atoms with van der Waals surface area (Å²) in [5.41, 5.74) is 7.30. The van der Waals surface area contributed by atoms with Crippen molar-refractivity contribution in [2.45, 2.75) is 46.3 Å². The van der Waals surface area contributed by atoms with Gasteiger partial charge in [0.2, 0.25) is 5.82 Å². The Bertz CT molecular complexity index is 2030. The molecule has 1 aliphatic heterocycles. The van der Waals surface area contributed by atoms with Crippen molar-refractivity contribution >= 4 is 58.1 Å². The number of amides is 2. The first-order valence-corrected chi connectivity index (χ1v) is 15.5. The van der Waals surface area contributed by atoms with Crippen LogP contribution in [-0.4, -0.2) is 53.5 Å². The monoisotopic (exact) mass is 650 g/mol. The topological polar surface area (TPSA) is 118 Å². The number of benzene rings is 2. The van der Waals surface area contributed by atoms with E-state index in [1.54, 1.807) is 34.9 Å². The highest BCUT2D eigenvalue weighted by Gasteiger charge is 2.31. The molecule has 47 heavy (non-hydrogen) atoms. The molecule has 0 saturated carbocycles. The predicted octanol–water partition coefficient (Wildman–Crippen LogP) is 7.21. The highest BCUT2D eigenvalue weighted by Crippen LogP contribution is 2.34. The third-order valence-corrected chi connectivity index (χ3v) is 8.33. The van der Waals surface area contributed by atoms with Crippen LogP contribution >= 0.6 is 11.8 Å². The summed E-state index contributed by atoms with van der Waals surface area (Å²) in [6.07, 6.45) is 5.10. The van der Waals surface area contributed by atoms with Crippen LogP contribution in [0.1, 0.15) is 53.9 Å². The van der Waals surface area contributed by atoms with Crippen LogP contribution < -0.4 is 9.74 Å². The summed E-state index contributed by atoms with van der Waals surface area (Å²) < 4.78 is 8.37. The lowest BCUT2D eigenvalue weighted by Gasteiger charge is -2.29. The lowest BCUT2D eigenvalue weighted by Crippen LogP contribution is -2.40. The quantitative estimate of drug-likeness (QED) is 0.192. The van der Waals surface area contributed by atoms with Crippen LogP contribution in [0.3, 0.4) is 0 Å². The second-order valence-electron chi connectivity index (χ2n) is 12.3. The Balaban J connectivity index is 1.23. The molecule has 240 valence electrons. The molecule has 2 aromatic carbocycles. The highest BCUT2D eigenvalue weighted by molar-refractivity contribution is 6.38. The summed E-state index contributed by atoms with van der Waals surface area (Å²) in [5, 5.41) is 3.42. The van der Waals surface area contributed by atoms with Crippen LogP contribution in [0.15, 0.2) is 67.6 Å². The SMILES string of the molecule is C=Cc1cnc2c(Nc3cccc(-c4cccc(N(Cl)C(=O)c5nc6c(n5C)CCN(C(=O)OC(C)(C)C)C6)c4)c3C)ncnc2c1. The van der Waals surface area contributed by atoms with Gasteiger partial charge in [0.1, 0.15) is 17.4 Å². The van der Waals surface area contributed by atoms with E-state index in [1.807, 2.05) is 70.2 Å². The minimum atomic E-state index is -0.605. The van der Waals surface area contributed by atoms with E-state index in [-0.39, 0.29) is 12.4 Å². The average molecular weight is 651 g/mol. The maximum absolute atomic E-state index is 13.7. The third-order valence-electron chi connectivity index (χ3n) is 7.98. The number of imidazole rings is 1. The molecule has 2 amide bonds. The van der Waals surface area contributed by atoms with Gasteiger partial charge in [0.25, 0.3) is 0 Å². The van der Waals surface area contributed by atoms with E-state index in [1.165, 1.54) is 6.33 Å². The Morgan fingerprint density at radius 2 is 1.89 bits per heavy atom. The van der Waals surface area contributed by atoms with Gasteiger partial charge in [0, 0.05) is 49.4 Å². The Hall–Kier alpha value is -5.29. The van der Waals surface area contributed by atoms with Gasteiger partial charge in [-0.3, -0.25) is 9.78 Å². The normalized spacial score (nSPS) is 12.9. The van der Waals surface area contributed by atoms with Crippen LogP contribution in [0.2, 0.25) is 0 Å². The fourth-order valence-electron chi connectivity index (χ4n) is 5.58. The first kappa shape index (κ1) is 31.7. The molecule has 0 radical (unpaired) electrons. The predicted molar refractivity (Wildman–Crippen MR) is 184 cm³/mol. The van der Waals surface area contributed by atoms with Gasteiger partial charge in [0.15, 0.2) is 5.82 Å². The summed E-state index contributed by atoms with van der Waals surface area (Å²) in [6.45, 7) is 12.0. The zero-order valence-electron chi connectivity index (χ0n) is 26.9. The van der Waals surface area contributed by atoms with Crippen molar-refractivity contribution in [1.29, 1.82) is 0 Å². The molecule has 3 aromatic heterocycles. The minimum absolute atomic E-state index is 0.190. The largest absolute Gasteiger partial charge is 0.444 e. The second kappa shape index (κ2) is 12.5. The lowest BCUT2D eigenvalue weighted by molar-refractivity contribution is 0.0220. The standard InChI is InChI=1S/C35H35ClN8O3/c1-7-22-16-27-30(37-18-22)31(39-20-38-27)40-26-13-9-12-25(21(26)2)23-10-8-11-24(17-23)44(36)33(45)32-41-28-19-43(15-14-29(28)42(32)6)34(46)47-35(3,4)5/h7-13,16-18,20H,1,14-15,19H2,2-6H3,(H,38,39,40). The number of nitrogens with zero attached hydrogens (tertiary/aromatic N) is 7. The van der Waals surface area contributed by atoms with Crippen molar-refractivity contribution < 1.29 is 14.3 Å². The maximum atomic E-state index is 13.7. The number of fused-ring (bicyclic) bond motifs is 2. The van der Waals surface area contributed by atoms with E-state index in [9.17, 15) is 9.59 Å². The van der Waals surface area contributed by atoms with Crippen LogP contribution in [0, 0.1) is 6.92 Å². The van der Waals surface area contributed by atoms with E-state index in [0.717, 1.165) is 38.1 Å². The molecule has 0 aliphatic carbocycles. The number of hydrogen-bond acceptors (Lipinski definition) is 8. The van der Waals surface area contributed by atoms with E-state index in [0.29, 0.717) is 41.2 Å². The van der Waals surface area contributed by atoms with Gasteiger partial charge >= 0.3 is 12.0 Å². The number of halogens is 1. The van der Waals surface area contributed by atoms with Crippen molar-refractivity contribution in [3.8, 4) is 11.1 Å². The zero-order valence-corrected chi connectivity index (χ0v) is 27.7. The smallest absolute Gasteiger partial charge is 0.410 e. The fraction of sp³-hybridized carbons (Fsp3) is 0.257. The van der Waals surface area contributed by atoms with Crippen LogP contribution in [0.5, 0.6) is 0 Å². The molecule has 11 nitrogen and oxygen atoms in total. The Labute approximate surface area is 278 Å². The minimum Gasteiger partial charge on any atom is -0.444 e. The maximum Gasteiger partial charge on any atom is 0.410 e. The average Bonchev–Trinajstić information content (AvgIpc) is 3.39. The van der Waals surface area contributed by atoms with E-state index >= 15 is 0 Å². The van der Waals surface area contributed by atoms with Gasteiger partial charge in [-0.2, -0.15) is 0 Å². The zero-order chi connectivity index (χ0) is 33.5. The molecule has 5 aromatic rings. The summed E-state index contributed by atoms with van der Waals surface area (Å²) in [7, 11) is 1.79. The number of hydrogen-bond donors (Lipinski definition) is 1. The van der Waals surface area contributed by atoms with Gasteiger partial charge in [-0.15, -0.1) is 0 Å². The Morgan fingerprint density at radius 1 is 1.11 bits per heavy atom. The number of pyridine rings is 1. The molecule has 0 bridgehead atoms. The molecule has 0 saturated heterocycles. The summed E-state index contributed by atoms with van der Waals surface area (Å²) in [6, 6.07) is 15.3. The molecule has 12 heteroatoms. The van der Waals surface area contributed by atoms with Gasteiger partial charge < -0.3 is 19.5 Å². The number of carbonyl (C=O) groups is 2. The van der Waals surface area contributed by atoms with Crippen LogP contribution in [0.4, 0.5) is 22.0 Å². The first-order valence-electron chi connectivity index (χ1n) is 15.2. The second-order valence-corrected chi connectivity index (χ2v) is 12.7. The number of rotatable bonds is 6. The molecule has 1 aliphatic rings. The van der Waals surface area contributed by atoms with Crippen LogP contribution in [0.25, 0.3) is 28.2 Å². The Kier molecular flexibility index (Phi) is 8.42. The molecule has 0 unspecified atom stereocenters. The first-order chi connectivity index (χ1) is 22.4. The van der Waals surface area contributed by atoms with Crippen molar-refractivity contribution in [3.63, 3.8) is 0 Å². The van der Waals surface area contributed by atoms with Crippen molar-refractivity contribution in [2.24, 2.45) is 7.05 Å². The van der Waals surface area contributed by atoms with Crippen molar-refractivity contribution in [1.82, 2.24) is 29.4 Å². The van der Waals surface area contributed by atoms with E-state index in [4.69, 9.17) is 16.5 Å². The molecule has 0 atom stereocenters. The molecule has 6 rings (SSSR count). The lowest BCUT2D eigenvalue weighted by atomic mass is 9.98.